The van der Waals surface area contributed by atoms with Gasteiger partial charge in [-0.1, -0.05) is 13.0 Å². The lowest BCUT2D eigenvalue weighted by Crippen LogP contribution is -2.50. The molecule has 1 aliphatic rings. The third-order valence-corrected chi connectivity index (χ3v) is 5.86. The predicted octanol–water partition coefficient (Wildman–Crippen LogP) is 1.54. The van der Waals surface area contributed by atoms with Gasteiger partial charge in [0.15, 0.2) is 0 Å². The summed E-state index contributed by atoms with van der Waals surface area (Å²) in [6, 6.07) is 4.81. The quantitative estimate of drug-likeness (QED) is 0.915. The first-order valence-corrected chi connectivity index (χ1v) is 8.70. The molecule has 1 saturated heterocycles. The highest BCUT2D eigenvalue weighted by Crippen LogP contribution is 2.24. The zero-order valence-corrected chi connectivity index (χ0v) is 13.6. The molecule has 0 radical (unpaired) electrons. The monoisotopic (exact) mass is 313 g/mol. The van der Waals surface area contributed by atoms with Crippen LogP contribution in [-0.2, 0) is 27.8 Å². The van der Waals surface area contributed by atoms with E-state index in [1.54, 1.807) is 18.2 Å². The third-order valence-electron chi connectivity index (χ3n) is 3.89. The molecular formula is C15H23NO4S. The number of aliphatic hydroxyl groups excluding tert-OH is 1. The van der Waals surface area contributed by atoms with Crippen molar-refractivity contribution in [2.45, 2.75) is 50.8 Å². The van der Waals surface area contributed by atoms with Gasteiger partial charge in [0.2, 0.25) is 10.0 Å². The van der Waals surface area contributed by atoms with E-state index < -0.39 is 10.0 Å². The molecule has 0 amide bonds. The zero-order valence-electron chi connectivity index (χ0n) is 12.7. The van der Waals surface area contributed by atoms with Gasteiger partial charge in [0.05, 0.1) is 24.2 Å². The molecule has 0 bridgehead atoms. The summed E-state index contributed by atoms with van der Waals surface area (Å²) < 4.78 is 32.6. The summed E-state index contributed by atoms with van der Waals surface area (Å²) in [6.07, 6.45) is 0.657. The molecule has 1 aromatic rings. The molecule has 2 rings (SSSR count). The van der Waals surface area contributed by atoms with E-state index in [1.165, 1.54) is 4.31 Å². The van der Waals surface area contributed by atoms with E-state index in [-0.39, 0.29) is 23.6 Å². The summed E-state index contributed by atoms with van der Waals surface area (Å²) in [5.74, 6) is 0. The van der Waals surface area contributed by atoms with Gasteiger partial charge in [0.25, 0.3) is 0 Å². The Morgan fingerprint density at radius 3 is 2.67 bits per heavy atom. The standard InChI is InChI=1S/C15H23NO4S/c1-4-13-5-6-15(7-14(13)9-17)21(18,19)16-8-12(3)20-10-11(16)2/h5-7,11-12,17H,4,8-10H2,1-3H3. The van der Waals surface area contributed by atoms with Crippen LogP contribution in [0.1, 0.15) is 31.9 Å². The Balaban J connectivity index is 2.39. The highest BCUT2D eigenvalue weighted by Gasteiger charge is 2.34. The van der Waals surface area contributed by atoms with Crippen molar-refractivity contribution in [3.63, 3.8) is 0 Å². The lowest BCUT2D eigenvalue weighted by atomic mass is 10.1. The molecule has 0 spiro atoms. The van der Waals surface area contributed by atoms with E-state index >= 15 is 0 Å². The first-order valence-electron chi connectivity index (χ1n) is 7.26. The Hall–Kier alpha value is -0.950. The van der Waals surface area contributed by atoms with Gasteiger partial charge < -0.3 is 9.84 Å². The van der Waals surface area contributed by atoms with Crippen molar-refractivity contribution in [1.29, 1.82) is 0 Å². The Morgan fingerprint density at radius 2 is 2.05 bits per heavy atom. The third kappa shape index (κ3) is 3.29. The Kier molecular flexibility index (Phi) is 5.03. The maximum atomic E-state index is 12.8. The number of nitrogens with zero attached hydrogens (tertiary/aromatic N) is 1. The molecule has 0 aromatic heterocycles. The molecule has 6 heteroatoms. The Labute approximate surface area is 126 Å². The van der Waals surface area contributed by atoms with Crippen LogP contribution in [0.4, 0.5) is 0 Å². The second kappa shape index (κ2) is 6.44. The van der Waals surface area contributed by atoms with Gasteiger partial charge in [-0.3, -0.25) is 0 Å². The van der Waals surface area contributed by atoms with Crippen molar-refractivity contribution in [2.24, 2.45) is 0 Å². The molecule has 1 fully saturated rings. The highest BCUT2D eigenvalue weighted by molar-refractivity contribution is 7.89. The molecule has 1 aromatic carbocycles. The molecule has 1 heterocycles. The van der Waals surface area contributed by atoms with E-state index in [2.05, 4.69) is 0 Å². The summed E-state index contributed by atoms with van der Waals surface area (Å²) in [7, 11) is -3.56. The largest absolute Gasteiger partial charge is 0.392 e. The second-order valence-electron chi connectivity index (χ2n) is 5.51. The fourth-order valence-corrected chi connectivity index (χ4v) is 4.34. The van der Waals surface area contributed by atoms with Crippen LogP contribution >= 0.6 is 0 Å². The van der Waals surface area contributed by atoms with Crippen LogP contribution < -0.4 is 0 Å². The van der Waals surface area contributed by atoms with Gasteiger partial charge in [-0.25, -0.2) is 8.42 Å². The fourth-order valence-electron chi connectivity index (χ4n) is 2.60. The van der Waals surface area contributed by atoms with Crippen LogP contribution in [0.15, 0.2) is 23.1 Å². The molecule has 21 heavy (non-hydrogen) atoms. The molecule has 2 atom stereocenters. The molecule has 1 N–H and O–H groups in total. The predicted molar refractivity (Wildman–Crippen MR) is 80.5 cm³/mol. The van der Waals surface area contributed by atoms with Gasteiger partial charge in [0, 0.05) is 12.6 Å². The van der Waals surface area contributed by atoms with E-state index in [4.69, 9.17) is 4.74 Å². The minimum atomic E-state index is -3.56. The number of rotatable bonds is 4. The lowest BCUT2D eigenvalue weighted by Gasteiger charge is -2.35. The molecule has 5 nitrogen and oxygen atoms in total. The average Bonchev–Trinajstić information content (AvgIpc) is 2.48. The van der Waals surface area contributed by atoms with Gasteiger partial charge >= 0.3 is 0 Å². The number of hydrogen-bond donors (Lipinski definition) is 1. The summed E-state index contributed by atoms with van der Waals surface area (Å²) in [4.78, 5) is 0.240. The van der Waals surface area contributed by atoms with Gasteiger partial charge in [-0.15, -0.1) is 0 Å². The van der Waals surface area contributed by atoms with Crippen LogP contribution in [0.25, 0.3) is 0 Å². The van der Waals surface area contributed by atoms with Gasteiger partial charge in [-0.05, 0) is 43.5 Å². The molecule has 118 valence electrons. The van der Waals surface area contributed by atoms with Crippen molar-refractivity contribution in [1.82, 2.24) is 4.31 Å². The number of aliphatic hydroxyl groups is 1. The lowest BCUT2D eigenvalue weighted by molar-refractivity contribution is -0.0170. The smallest absolute Gasteiger partial charge is 0.243 e. The Bertz CT molecular complexity index is 600. The van der Waals surface area contributed by atoms with E-state index in [9.17, 15) is 13.5 Å². The van der Waals surface area contributed by atoms with Crippen LogP contribution in [-0.4, -0.2) is 43.1 Å². The van der Waals surface area contributed by atoms with Gasteiger partial charge in [0.1, 0.15) is 0 Å². The summed E-state index contributed by atoms with van der Waals surface area (Å²) in [6.45, 7) is 6.30. The zero-order chi connectivity index (χ0) is 15.6. The number of ether oxygens (including phenoxy) is 1. The first kappa shape index (κ1) is 16.4. The average molecular weight is 313 g/mol. The van der Waals surface area contributed by atoms with Crippen molar-refractivity contribution in [3.8, 4) is 0 Å². The number of morpholine rings is 1. The molecule has 0 aliphatic carbocycles. The van der Waals surface area contributed by atoms with Crippen molar-refractivity contribution >= 4 is 10.0 Å². The minimum Gasteiger partial charge on any atom is -0.392 e. The molecule has 2 unspecified atom stereocenters. The van der Waals surface area contributed by atoms with E-state index in [0.717, 1.165) is 12.0 Å². The van der Waals surface area contributed by atoms with Crippen LogP contribution in [0.3, 0.4) is 0 Å². The number of sulfonamides is 1. The minimum absolute atomic E-state index is 0.108. The second-order valence-corrected chi connectivity index (χ2v) is 7.40. The molecular weight excluding hydrogens is 290 g/mol. The highest BCUT2D eigenvalue weighted by atomic mass is 32.2. The van der Waals surface area contributed by atoms with Crippen molar-refractivity contribution in [3.05, 3.63) is 29.3 Å². The first-order chi connectivity index (χ1) is 9.90. The number of hydrogen-bond acceptors (Lipinski definition) is 4. The van der Waals surface area contributed by atoms with E-state index in [1.807, 2.05) is 20.8 Å². The van der Waals surface area contributed by atoms with Crippen molar-refractivity contribution in [2.75, 3.05) is 13.2 Å². The summed E-state index contributed by atoms with van der Waals surface area (Å²) in [5.41, 5.74) is 1.65. The summed E-state index contributed by atoms with van der Waals surface area (Å²) >= 11 is 0. The van der Waals surface area contributed by atoms with Gasteiger partial charge in [-0.2, -0.15) is 4.31 Å². The topological polar surface area (TPSA) is 66.8 Å². The SMILES string of the molecule is CCc1ccc(S(=O)(=O)N2CC(C)OCC2C)cc1CO. The molecule has 1 aliphatic heterocycles. The number of benzene rings is 1. The Morgan fingerprint density at radius 1 is 1.33 bits per heavy atom. The maximum absolute atomic E-state index is 12.8. The van der Waals surface area contributed by atoms with Crippen LogP contribution in [0.5, 0.6) is 0 Å². The van der Waals surface area contributed by atoms with Crippen molar-refractivity contribution < 1.29 is 18.3 Å². The number of aryl methyl sites for hydroxylation is 1. The fraction of sp³-hybridized carbons (Fsp3) is 0.600. The van der Waals surface area contributed by atoms with E-state index in [0.29, 0.717) is 18.7 Å². The maximum Gasteiger partial charge on any atom is 0.243 e. The van der Waals surface area contributed by atoms with Crippen LogP contribution in [0, 0.1) is 0 Å². The summed E-state index contributed by atoms with van der Waals surface area (Å²) in [5, 5.41) is 9.42. The molecule has 0 saturated carbocycles. The normalized spacial score (nSPS) is 24.2. The van der Waals surface area contributed by atoms with Crippen LogP contribution in [0.2, 0.25) is 0 Å².